The van der Waals surface area contributed by atoms with Gasteiger partial charge in [-0.05, 0) is 54.4 Å². The van der Waals surface area contributed by atoms with E-state index in [-0.39, 0.29) is 11.4 Å². The summed E-state index contributed by atoms with van der Waals surface area (Å²) in [6, 6.07) is 1.93. The second-order valence-corrected chi connectivity index (χ2v) is 9.00. The minimum atomic E-state index is -0.254. The number of ether oxygens (including phenoxy) is 1. The molecule has 25 heavy (non-hydrogen) atoms. The molecule has 0 saturated heterocycles. The van der Waals surface area contributed by atoms with Gasteiger partial charge in [0.15, 0.2) is 0 Å². The maximum atomic E-state index is 11.1. The van der Waals surface area contributed by atoms with E-state index in [0.29, 0.717) is 17.9 Å². The molecule has 1 aromatic heterocycles. The van der Waals surface area contributed by atoms with Gasteiger partial charge in [0.25, 0.3) is 0 Å². The zero-order valence-corrected chi connectivity index (χ0v) is 16.2. The predicted molar refractivity (Wildman–Crippen MR) is 99.0 cm³/mol. The van der Waals surface area contributed by atoms with Crippen LogP contribution in [0.4, 0.5) is 0 Å². The Labute approximate surface area is 151 Å². The van der Waals surface area contributed by atoms with E-state index in [1.807, 2.05) is 6.07 Å². The monoisotopic (exact) mass is 344 g/mol. The minimum Gasteiger partial charge on any atom is -0.469 e. The van der Waals surface area contributed by atoms with Gasteiger partial charge in [-0.3, -0.25) is 4.79 Å². The first-order valence-corrected chi connectivity index (χ1v) is 9.60. The minimum absolute atomic E-state index is 0.254. The Hall–Kier alpha value is -1.51. The molecule has 2 aliphatic carbocycles. The number of furan rings is 1. The van der Waals surface area contributed by atoms with Gasteiger partial charge < -0.3 is 9.15 Å². The number of allylic oxidation sites excluding steroid dienone is 1. The smallest absolute Gasteiger partial charge is 0.302 e. The lowest BCUT2D eigenvalue weighted by atomic mass is 9.47. The Balaban J connectivity index is 1.84. The highest BCUT2D eigenvalue weighted by atomic mass is 16.5. The van der Waals surface area contributed by atoms with E-state index in [1.165, 1.54) is 38.2 Å². The molecule has 0 aromatic carbocycles. The molecule has 1 aromatic rings. The molecule has 0 radical (unpaired) electrons. The van der Waals surface area contributed by atoms with Crippen molar-refractivity contribution in [3.63, 3.8) is 0 Å². The van der Waals surface area contributed by atoms with Gasteiger partial charge in [-0.2, -0.15) is 0 Å². The maximum Gasteiger partial charge on any atom is 0.302 e. The second-order valence-electron chi connectivity index (χ2n) is 9.00. The van der Waals surface area contributed by atoms with E-state index in [1.54, 1.807) is 6.26 Å². The van der Waals surface area contributed by atoms with Gasteiger partial charge >= 0.3 is 5.97 Å². The topological polar surface area (TPSA) is 39.4 Å². The first-order valence-electron chi connectivity index (χ1n) is 9.60. The number of carbonyl (C=O) groups excluding carboxylic acids is 1. The van der Waals surface area contributed by atoms with Crippen molar-refractivity contribution in [1.29, 1.82) is 0 Å². The van der Waals surface area contributed by atoms with Gasteiger partial charge in [0.2, 0.25) is 0 Å². The lowest BCUT2D eigenvalue weighted by molar-refractivity contribution is -0.142. The largest absolute Gasteiger partial charge is 0.469 e. The third-order valence-corrected chi connectivity index (χ3v) is 6.98. The van der Waals surface area contributed by atoms with Crippen molar-refractivity contribution < 1.29 is 13.9 Å². The van der Waals surface area contributed by atoms with Crippen LogP contribution in [-0.2, 0) is 22.6 Å². The number of rotatable bonds is 4. The number of fused-ring (bicyclic) bond motifs is 1. The van der Waals surface area contributed by atoms with Crippen molar-refractivity contribution in [2.24, 2.45) is 22.7 Å². The van der Waals surface area contributed by atoms with Gasteiger partial charge in [0, 0.05) is 18.9 Å². The van der Waals surface area contributed by atoms with E-state index in [0.717, 1.165) is 30.1 Å². The van der Waals surface area contributed by atoms with Crippen LogP contribution in [0.15, 0.2) is 28.9 Å². The molecular formula is C22H32O3. The normalized spacial score (nSPS) is 31.4. The highest BCUT2D eigenvalue weighted by Crippen LogP contribution is 2.61. The highest BCUT2D eigenvalue weighted by Gasteiger charge is 2.52. The Morgan fingerprint density at radius 1 is 1.36 bits per heavy atom. The molecule has 0 spiro atoms. The highest BCUT2D eigenvalue weighted by molar-refractivity contribution is 5.65. The summed E-state index contributed by atoms with van der Waals surface area (Å²) in [6.45, 7) is 13.5. The SMILES string of the molecule is C=C1CC[C@@H]2C(C)(C)CCC[C@@]2(C)[C@@H]1Cc1occc1COC(C)=O. The van der Waals surface area contributed by atoms with Crippen molar-refractivity contribution in [2.75, 3.05) is 0 Å². The van der Waals surface area contributed by atoms with Crippen LogP contribution in [0.25, 0.3) is 0 Å². The fourth-order valence-corrected chi connectivity index (χ4v) is 5.69. The maximum absolute atomic E-state index is 11.1. The average molecular weight is 344 g/mol. The van der Waals surface area contributed by atoms with E-state index in [2.05, 4.69) is 27.4 Å². The van der Waals surface area contributed by atoms with Crippen LogP contribution in [-0.4, -0.2) is 5.97 Å². The summed E-state index contributed by atoms with van der Waals surface area (Å²) in [4.78, 5) is 11.1. The summed E-state index contributed by atoms with van der Waals surface area (Å²) in [6.07, 6.45) is 8.85. The molecular weight excluding hydrogens is 312 g/mol. The summed E-state index contributed by atoms with van der Waals surface area (Å²) < 4.78 is 11.0. The van der Waals surface area contributed by atoms with Gasteiger partial charge in [-0.15, -0.1) is 0 Å². The van der Waals surface area contributed by atoms with Crippen molar-refractivity contribution in [2.45, 2.75) is 72.8 Å². The molecule has 2 saturated carbocycles. The fraction of sp³-hybridized carbons (Fsp3) is 0.682. The molecule has 3 heteroatoms. The van der Waals surface area contributed by atoms with Crippen LogP contribution in [0.2, 0.25) is 0 Å². The number of hydrogen-bond acceptors (Lipinski definition) is 3. The molecule has 0 bridgehead atoms. The van der Waals surface area contributed by atoms with Crippen LogP contribution in [0, 0.1) is 22.7 Å². The zero-order chi connectivity index (χ0) is 18.2. The summed E-state index contributed by atoms with van der Waals surface area (Å²) in [7, 11) is 0. The van der Waals surface area contributed by atoms with Crippen LogP contribution in [0.5, 0.6) is 0 Å². The standard InChI is InChI=1S/C22H32O3/c1-15-7-8-20-21(3,4)10-6-11-22(20,5)18(15)13-19-17(9-12-24-19)14-25-16(2)23/h9,12,18,20H,1,6-8,10-11,13-14H2,2-5H3/t18-,20-,22+/m1/s1. The summed E-state index contributed by atoms with van der Waals surface area (Å²) in [5.74, 6) is 1.87. The lowest BCUT2D eigenvalue weighted by Crippen LogP contribution is -2.50. The molecule has 0 amide bonds. The number of hydrogen-bond donors (Lipinski definition) is 0. The quantitative estimate of drug-likeness (QED) is 0.521. The Morgan fingerprint density at radius 2 is 2.12 bits per heavy atom. The molecule has 1 heterocycles. The third kappa shape index (κ3) is 3.43. The van der Waals surface area contributed by atoms with Crippen molar-refractivity contribution in [3.05, 3.63) is 35.8 Å². The molecule has 0 unspecified atom stereocenters. The van der Waals surface area contributed by atoms with Gasteiger partial charge in [-0.25, -0.2) is 0 Å². The molecule has 0 N–H and O–H groups in total. The molecule has 138 valence electrons. The lowest BCUT2D eigenvalue weighted by Gasteiger charge is -2.58. The Bertz CT molecular complexity index is 654. The van der Waals surface area contributed by atoms with E-state index < -0.39 is 0 Å². The van der Waals surface area contributed by atoms with Crippen LogP contribution in [0.3, 0.4) is 0 Å². The van der Waals surface area contributed by atoms with Crippen LogP contribution >= 0.6 is 0 Å². The van der Waals surface area contributed by atoms with Crippen LogP contribution in [0.1, 0.15) is 71.1 Å². The van der Waals surface area contributed by atoms with Gasteiger partial charge in [0.05, 0.1) is 6.26 Å². The molecule has 2 fully saturated rings. The second kappa shape index (κ2) is 6.66. The Kier molecular flexibility index (Phi) is 4.87. The third-order valence-electron chi connectivity index (χ3n) is 6.98. The van der Waals surface area contributed by atoms with Crippen molar-refractivity contribution in [3.8, 4) is 0 Å². The molecule has 0 aliphatic heterocycles. The summed E-state index contributed by atoms with van der Waals surface area (Å²) in [5.41, 5.74) is 3.04. The average Bonchev–Trinajstić information content (AvgIpc) is 2.95. The van der Waals surface area contributed by atoms with Gasteiger partial charge in [-0.1, -0.05) is 39.3 Å². The van der Waals surface area contributed by atoms with Crippen molar-refractivity contribution in [1.82, 2.24) is 0 Å². The Morgan fingerprint density at radius 3 is 2.84 bits per heavy atom. The summed E-state index contributed by atoms with van der Waals surface area (Å²) in [5, 5.41) is 0. The van der Waals surface area contributed by atoms with E-state index >= 15 is 0 Å². The van der Waals surface area contributed by atoms with Crippen LogP contribution < -0.4 is 0 Å². The molecule has 3 atom stereocenters. The fourth-order valence-electron chi connectivity index (χ4n) is 5.69. The summed E-state index contributed by atoms with van der Waals surface area (Å²) >= 11 is 0. The molecule has 3 nitrogen and oxygen atoms in total. The van der Waals surface area contributed by atoms with Gasteiger partial charge in [0.1, 0.15) is 12.4 Å². The number of esters is 1. The molecule has 2 aliphatic rings. The van der Waals surface area contributed by atoms with Crippen molar-refractivity contribution >= 4 is 5.97 Å². The predicted octanol–water partition coefficient (Wildman–Crippen LogP) is 5.68. The zero-order valence-electron chi connectivity index (χ0n) is 16.2. The van der Waals surface area contributed by atoms with E-state index in [4.69, 9.17) is 9.15 Å². The first kappa shape index (κ1) is 18.3. The number of carbonyl (C=O) groups is 1. The first-order chi connectivity index (χ1) is 11.7. The molecule has 3 rings (SSSR count). The van der Waals surface area contributed by atoms with E-state index in [9.17, 15) is 4.79 Å².